The first-order valence-electron chi connectivity index (χ1n) is 2.94. The zero-order valence-electron chi connectivity index (χ0n) is 5.15. The Labute approximate surface area is 58.0 Å². The van der Waals surface area contributed by atoms with Gasteiger partial charge in [0.1, 0.15) is 11.4 Å². The highest BCUT2D eigenvalue weighted by Crippen LogP contribution is 2.28. The third-order valence-electron chi connectivity index (χ3n) is 1.40. The van der Waals surface area contributed by atoms with E-state index in [2.05, 4.69) is 10.5 Å². The highest BCUT2D eigenvalue weighted by molar-refractivity contribution is 5.91. The quantitative estimate of drug-likeness (QED) is 0.563. The van der Waals surface area contributed by atoms with Crippen molar-refractivity contribution in [3.63, 3.8) is 0 Å². The van der Waals surface area contributed by atoms with Crippen molar-refractivity contribution < 1.29 is 5.11 Å². The number of aromatic hydroxyl groups is 1. The van der Waals surface area contributed by atoms with Crippen molar-refractivity contribution in [1.29, 1.82) is 0 Å². The Kier molecular flexibility index (Phi) is 0.917. The van der Waals surface area contributed by atoms with Crippen molar-refractivity contribution in [2.24, 2.45) is 5.10 Å². The molecule has 10 heavy (non-hydrogen) atoms. The average Bonchev–Trinajstić information content (AvgIpc) is 2.36. The molecular formula is C7H5N2O. The summed E-state index contributed by atoms with van der Waals surface area (Å²) in [7, 11) is 0. The van der Waals surface area contributed by atoms with Gasteiger partial charge >= 0.3 is 0 Å². The topological polar surface area (TPSA) is 46.7 Å². The summed E-state index contributed by atoms with van der Waals surface area (Å²) in [5.41, 5.74) is 5.16. The molecule has 0 saturated heterocycles. The minimum absolute atomic E-state index is 0.190. The molecule has 0 spiro atoms. The van der Waals surface area contributed by atoms with E-state index in [0.29, 0.717) is 5.69 Å². The van der Waals surface area contributed by atoms with Gasteiger partial charge in [-0.1, -0.05) is 12.1 Å². The zero-order chi connectivity index (χ0) is 6.97. The van der Waals surface area contributed by atoms with Gasteiger partial charge in [0, 0.05) is 5.56 Å². The number of rotatable bonds is 0. The fourth-order valence-corrected chi connectivity index (χ4v) is 0.911. The van der Waals surface area contributed by atoms with E-state index in [1.54, 1.807) is 18.3 Å². The number of phenolic OH excluding ortho intramolecular Hbond substituents is 1. The maximum absolute atomic E-state index is 9.16. The van der Waals surface area contributed by atoms with Crippen LogP contribution >= 0.6 is 0 Å². The van der Waals surface area contributed by atoms with Crippen LogP contribution in [-0.2, 0) is 0 Å². The smallest absolute Gasteiger partial charge is 0.143 e. The van der Waals surface area contributed by atoms with Crippen molar-refractivity contribution in [3.8, 4) is 5.75 Å². The minimum Gasteiger partial charge on any atom is -0.506 e. The van der Waals surface area contributed by atoms with Crippen molar-refractivity contribution >= 4 is 11.9 Å². The molecule has 1 aliphatic heterocycles. The van der Waals surface area contributed by atoms with Crippen molar-refractivity contribution in [2.45, 2.75) is 0 Å². The third-order valence-corrected chi connectivity index (χ3v) is 1.40. The number of hydrogen-bond donors (Lipinski definition) is 1. The van der Waals surface area contributed by atoms with Crippen LogP contribution in [0.5, 0.6) is 5.75 Å². The summed E-state index contributed by atoms with van der Waals surface area (Å²) >= 11 is 0. The molecule has 0 atom stereocenters. The lowest BCUT2D eigenvalue weighted by Gasteiger charge is -1.96. The first-order valence-corrected chi connectivity index (χ1v) is 2.94. The maximum Gasteiger partial charge on any atom is 0.143 e. The molecule has 0 aliphatic carbocycles. The highest BCUT2D eigenvalue weighted by Gasteiger charge is 2.10. The molecule has 1 radical (unpaired) electrons. The van der Waals surface area contributed by atoms with Crippen LogP contribution in [0.15, 0.2) is 23.3 Å². The number of benzene rings is 1. The molecule has 0 fully saturated rings. The van der Waals surface area contributed by atoms with Crippen molar-refractivity contribution in [2.75, 3.05) is 0 Å². The fourth-order valence-electron chi connectivity index (χ4n) is 0.911. The van der Waals surface area contributed by atoms with E-state index >= 15 is 0 Å². The highest BCUT2D eigenvalue weighted by atomic mass is 16.3. The Morgan fingerprint density at radius 3 is 3.00 bits per heavy atom. The molecular weight excluding hydrogens is 128 g/mol. The van der Waals surface area contributed by atoms with Crippen molar-refractivity contribution in [1.82, 2.24) is 5.43 Å². The van der Waals surface area contributed by atoms with Crippen LogP contribution in [-0.4, -0.2) is 11.3 Å². The molecule has 0 saturated carbocycles. The van der Waals surface area contributed by atoms with Crippen LogP contribution in [0.25, 0.3) is 0 Å². The van der Waals surface area contributed by atoms with Gasteiger partial charge in [-0.15, -0.1) is 5.43 Å². The predicted molar refractivity (Wildman–Crippen MR) is 37.5 cm³/mol. The number of phenols is 1. The van der Waals surface area contributed by atoms with Gasteiger partial charge in [-0.3, -0.25) is 0 Å². The maximum atomic E-state index is 9.16. The number of fused-ring (bicyclic) bond motifs is 1. The summed E-state index contributed by atoms with van der Waals surface area (Å²) < 4.78 is 0. The van der Waals surface area contributed by atoms with Crippen LogP contribution in [0.4, 0.5) is 5.69 Å². The van der Waals surface area contributed by atoms with Crippen LogP contribution in [0, 0.1) is 0 Å². The molecule has 0 unspecified atom stereocenters. The molecule has 3 nitrogen and oxygen atoms in total. The van der Waals surface area contributed by atoms with E-state index in [9.17, 15) is 0 Å². The lowest BCUT2D eigenvalue weighted by Crippen LogP contribution is -1.81. The second-order valence-electron chi connectivity index (χ2n) is 2.06. The summed E-state index contributed by atoms with van der Waals surface area (Å²) in [6.45, 7) is 0. The molecule has 1 N–H and O–H groups in total. The van der Waals surface area contributed by atoms with Crippen LogP contribution in [0.1, 0.15) is 5.56 Å². The lowest BCUT2D eigenvalue weighted by molar-refractivity contribution is 0.474. The molecule has 2 rings (SSSR count). The van der Waals surface area contributed by atoms with Crippen LogP contribution in [0.2, 0.25) is 0 Å². The van der Waals surface area contributed by atoms with Gasteiger partial charge in [0.2, 0.25) is 0 Å². The van der Waals surface area contributed by atoms with Gasteiger partial charge in [0.25, 0.3) is 0 Å². The molecule has 1 aromatic carbocycles. The van der Waals surface area contributed by atoms with Gasteiger partial charge < -0.3 is 5.11 Å². The fraction of sp³-hybridized carbons (Fsp3) is 0. The van der Waals surface area contributed by atoms with Gasteiger partial charge in [0.05, 0.1) is 6.21 Å². The molecule has 0 aromatic heterocycles. The summed E-state index contributed by atoms with van der Waals surface area (Å²) in [5.74, 6) is 0.190. The second-order valence-corrected chi connectivity index (χ2v) is 2.06. The molecule has 1 heterocycles. The molecule has 0 bridgehead atoms. The van der Waals surface area contributed by atoms with E-state index in [4.69, 9.17) is 5.11 Å². The minimum atomic E-state index is 0.190. The van der Waals surface area contributed by atoms with E-state index in [1.807, 2.05) is 6.07 Å². The standard InChI is InChI=1S/C7H5N2O/c10-6-3-1-2-5-4-8-9-7(5)6/h1-4,10H. The SMILES string of the molecule is Oc1cccc2c1[N]N=C2. The second kappa shape index (κ2) is 1.73. The third kappa shape index (κ3) is 0.572. The monoisotopic (exact) mass is 133 g/mol. The summed E-state index contributed by atoms with van der Waals surface area (Å²) in [4.78, 5) is 0. The Hall–Kier alpha value is -1.51. The van der Waals surface area contributed by atoms with Crippen molar-refractivity contribution in [3.05, 3.63) is 23.8 Å². The van der Waals surface area contributed by atoms with Crippen LogP contribution < -0.4 is 5.43 Å². The van der Waals surface area contributed by atoms with E-state index in [1.165, 1.54) is 0 Å². The van der Waals surface area contributed by atoms with Gasteiger partial charge in [-0.25, -0.2) is 0 Å². The normalized spacial score (nSPS) is 12.8. The molecule has 1 aliphatic rings. The van der Waals surface area contributed by atoms with Gasteiger partial charge in [-0.05, 0) is 6.07 Å². The first kappa shape index (κ1) is 5.29. The summed E-state index contributed by atoms with van der Waals surface area (Å²) in [5, 5.41) is 12.8. The van der Waals surface area contributed by atoms with E-state index in [0.717, 1.165) is 5.56 Å². The Bertz CT molecular complexity index is 294. The van der Waals surface area contributed by atoms with E-state index in [-0.39, 0.29) is 5.75 Å². The average molecular weight is 133 g/mol. The zero-order valence-corrected chi connectivity index (χ0v) is 5.15. The molecule has 0 amide bonds. The van der Waals surface area contributed by atoms with E-state index < -0.39 is 0 Å². The number of hydrogen-bond acceptors (Lipinski definition) is 2. The molecule has 1 aromatic rings. The lowest BCUT2D eigenvalue weighted by atomic mass is 10.2. The first-order chi connectivity index (χ1) is 4.88. The number of nitrogens with zero attached hydrogens (tertiary/aromatic N) is 2. The Balaban J connectivity index is 2.66. The Morgan fingerprint density at radius 1 is 1.30 bits per heavy atom. The van der Waals surface area contributed by atoms with Crippen LogP contribution in [0.3, 0.4) is 0 Å². The Morgan fingerprint density at radius 2 is 2.20 bits per heavy atom. The molecule has 49 valence electrons. The van der Waals surface area contributed by atoms with Gasteiger partial charge in [-0.2, -0.15) is 5.10 Å². The summed E-state index contributed by atoms with van der Waals surface area (Å²) in [6, 6.07) is 5.22. The van der Waals surface area contributed by atoms with Gasteiger partial charge in [0.15, 0.2) is 0 Å². The molecule has 3 heteroatoms. The predicted octanol–water partition coefficient (Wildman–Crippen LogP) is 0.976. The largest absolute Gasteiger partial charge is 0.506 e. The summed E-state index contributed by atoms with van der Waals surface area (Å²) in [6.07, 6.45) is 1.62.